The summed E-state index contributed by atoms with van der Waals surface area (Å²) in [5, 5.41) is 3.14. The molecule has 0 N–H and O–H groups in total. The Morgan fingerprint density at radius 2 is 2.31 bits per heavy atom. The van der Waals surface area contributed by atoms with Crippen molar-refractivity contribution in [3.63, 3.8) is 0 Å². The van der Waals surface area contributed by atoms with E-state index in [0.717, 1.165) is 12.8 Å². The second kappa shape index (κ2) is 3.24. The zero-order chi connectivity index (χ0) is 9.31. The van der Waals surface area contributed by atoms with Crippen molar-refractivity contribution in [3.05, 3.63) is 16.6 Å². The van der Waals surface area contributed by atoms with Gasteiger partial charge < -0.3 is 0 Å². The lowest BCUT2D eigenvalue weighted by Gasteiger charge is -2.40. The van der Waals surface area contributed by atoms with Crippen LogP contribution in [0.2, 0.25) is 0 Å². The smallest absolute Gasteiger partial charge is 0.110 e. The predicted octanol–water partition coefficient (Wildman–Crippen LogP) is 3.42. The molecule has 72 valence electrons. The van der Waals surface area contributed by atoms with Crippen LogP contribution in [0.1, 0.15) is 45.4 Å². The molecule has 0 aromatic carbocycles. The molecule has 0 bridgehead atoms. The van der Waals surface area contributed by atoms with Crippen LogP contribution in [0, 0.1) is 10.3 Å². The van der Waals surface area contributed by atoms with E-state index in [1.807, 2.05) is 0 Å². The molecule has 2 aliphatic rings. The second-order valence-electron chi connectivity index (χ2n) is 4.67. The van der Waals surface area contributed by atoms with Crippen molar-refractivity contribution in [3.8, 4) is 0 Å². The Hall–Kier alpha value is -0.660. The highest BCUT2D eigenvalue weighted by molar-refractivity contribution is 5.21. The molecule has 2 aliphatic carbocycles. The summed E-state index contributed by atoms with van der Waals surface area (Å²) in [4.78, 5) is 10.4. The van der Waals surface area contributed by atoms with Gasteiger partial charge in [0.25, 0.3) is 0 Å². The number of nitroso groups, excluding NO2 is 1. The highest BCUT2D eigenvalue weighted by atomic mass is 16.3. The summed E-state index contributed by atoms with van der Waals surface area (Å²) < 4.78 is 0. The molecule has 1 saturated carbocycles. The van der Waals surface area contributed by atoms with Gasteiger partial charge >= 0.3 is 0 Å². The Kier molecular flexibility index (Phi) is 2.22. The average Bonchev–Trinajstić information content (AvgIpc) is 2.16. The molecule has 1 fully saturated rings. The Labute approximate surface area is 79.4 Å². The third-order valence-electron chi connectivity index (χ3n) is 3.72. The molecule has 2 rings (SSSR count). The van der Waals surface area contributed by atoms with E-state index in [0.29, 0.717) is 5.41 Å². The maximum atomic E-state index is 10.4. The van der Waals surface area contributed by atoms with E-state index < -0.39 is 0 Å². The van der Waals surface area contributed by atoms with Crippen molar-refractivity contribution in [1.29, 1.82) is 0 Å². The molecule has 0 amide bonds. The fraction of sp³-hybridized carbons (Fsp3) is 0.818. The topological polar surface area (TPSA) is 29.4 Å². The molecule has 0 heterocycles. The molecule has 2 heteroatoms. The van der Waals surface area contributed by atoms with Crippen LogP contribution in [0.5, 0.6) is 0 Å². The van der Waals surface area contributed by atoms with Crippen LogP contribution in [-0.2, 0) is 0 Å². The molecule has 0 unspecified atom stereocenters. The third kappa shape index (κ3) is 1.54. The van der Waals surface area contributed by atoms with E-state index in [1.54, 1.807) is 0 Å². The molecule has 0 aliphatic heterocycles. The van der Waals surface area contributed by atoms with Crippen LogP contribution in [0.3, 0.4) is 0 Å². The lowest BCUT2D eigenvalue weighted by atomic mass is 9.65. The van der Waals surface area contributed by atoms with Gasteiger partial charge in [0, 0.05) is 0 Å². The van der Waals surface area contributed by atoms with Gasteiger partial charge in [-0.2, -0.15) is 4.91 Å². The van der Waals surface area contributed by atoms with Crippen LogP contribution in [-0.4, -0.2) is 6.04 Å². The van der Waals surface area contributed by atoms with Crippen LogP contribution in [0.25, 0.3) is 0 Å². The summed E-state index contributed by atoms with van der Waals surface area (Å²) in [5.41, 5.74) is 1.93. The summed E-state index contributed by atoms with van der Waals surface area (Å²) in [6, 6.07) is -0.0267. The fourth-order valence-electron chi connectivity index (χ4n) is 2.73. The van der Waals surface area contributed by atoms with Gasteiger partial charge in [-0.1, -0.05) is 30.2 Å². The summed E-state index contributed by atoms with van der Waals surface area (Å²) >= 11 is 0. The molecule has 0 saturated heterocycles. The first-order valence-electron chi connectivity index (χ1n) is 5.28. The highest BCUT2D eigenvalue weighted by Crippen LogP contribution is 2.47. The molecule has 2 nitrogen and oxygen atoms in total. The van der Waals surface area contributed by atoms with Gasteiger partial charge in [-0.05, 0) is 37.5 Å². The number of nitrogens with zero attached hydrogens (tertiary/aromatic N) is 1. The standard InChI is InChI=1S/C11H17NO/c1-11-6-3-2-4-9(11)8-10(12-13)5-7-11/h8,10H,2-7H2,1H3/t10-,11-/m0/s1. The normalized spacial score (nSPS) is 39.2. The maximum absolute atomic E-state index is 10.4. The molecule has 13 heavy (non-hydrogen) atoms. The van der Waals surface area contributed by atoms with E-state index in [1.165, 1.54) is 31.3 Å². The minimum Gasteiger partial charge on any atom is -0.150 e. The molecule has 0 aromatic heterocycles. The number of hydrogen-bond donors (Lipinski definition) is 0. The number of fused-ring (bicyclic) bond motifs is 1. The summed E-state index contributed by atoms with van der Waals surface area (Å²) in [6.45, 7) is 2.35. The molecule has 2 atom stereocenters. The van der Waals surface area contributed by atoms with Crippen molar-refractivity contribution in [2.45, 2.75) is 51.5 Å². The fourth-order valence-corrected chi connectivity index (χ4v) is 2.73. The first-order valence-corrected chi connectivity index (χ1v) is 5.28. The van der Waals surface area contributed by atoms with Crippen molar-refractivity contribution in [1.82, 2.24) is 0 Å². The Morgan fingerprint density at radius 3 is 3.08 bits per heavy atom. The predicted molar refractivity (Wildman–Crippen MR) is 53.5 cm³/mol. The lowest BCUT2D eigenvalue weighted by Crippen LogP contribution is -2.29. The van der Waals surface area contributed by atoms with Crippen molar-refractivity contribution in [2.24, 2.45) is 10.6 Å². The van der Waals surface area contributed by atoms with Gasteiger partial charge in [0.05, 0.1) is 0 Å². The van der Waals surface area contributed by atoms with Gasteiger partial charge in [-0.15, -0.1) is 0 Å². The maximum Gasteiger partial charge on any atom is 0.110 e. The van der Waals surface area contributed by atoms with Gasteiger partial charge in [-0.3, -0.25) is 0 Å². The Morgan fingerprint density at radius 1 is 1.46 bits per heavy atom. The minimum absolute atomic E-state index is 0.0267. The first kappa shape index (κ1) is 8.92. The van der Waals surface area contributed by atoms with E-state index >= 15 is 0 Å². The van der Waals surface area contributed by atoms with Gasteiger partial charge in [0.1, 0.15) is 6.04 Å². The quantitative estimate of drug-likeness (QED) is 0.448. The van der Waals surface area contributed by atoms with Crippen LogP contribution in [0.15, 0.2) is 16.8 Å². The van der Waals surface area contributed by atoms with Crippen LogP contribution in [0.4, 0.5) is 0 Å². The third-order valence-corrected chi connectivity index (χ3v) is 3.72. The van der Waals surface area contributed by atoms with E-state index in [-0.39, 0.29) is 6.04 Å². The summed E-state index contributed by atoms with van der Waals surface area (Å²) in [5.74, 6) is 0. The zero-order valence-corrected chi connectivity index (χ0v) is 8.25. The van der Waals surface area contributed by atoms with E-state index in [2.05, 4.69) is 18.2 Å². The second-order valence-corrected chi connectivity index (χ2v) is 4.67. The number of hydrogen-bond acceptors (Lipinski definition) is 2. The molecular formula is C11H17NO. The minimum atomic E-state index is -0.0267. The van der Waals surface area contributed by atoms with Crippen molar-refractivity contribution >= 4 is 0 Å². The van der Waals surface area contributed by atoms with Gasteiger partial charge in [-0.25, -0.2) is 0 Å². The zero-order valence-electron chi connectivity index (χ0n) is 8.25. The summed E-state index contributed by atoms with van der Waals surface area (Å²) in [7, 11) is 0. The molecule has 0 radical (unpaired) electrons. The van der Waals surface area contributed by atoms with Gasteiger partial charge in [0.15, 0.2) is 0 Å². The molecule has 0 spiro atoms. The first-order chi connectivity index (χ1) is 6.24. The number of rotatable bonds is 1. The van der Waals surface area contributed by atoms with E-state index in [9.17, 15) is 4.91 Å². The van der Waals surface area contributed by atoms with Gasteiger partial charge in [0.2, 0.25) is 0 Å². The van der Waals surface area contributed by atoms with Crippen LogP contribution >= 0.6 is 0 Å². The molecular weight excluding hydrogens is 162 g/mol. The Balaban J connectivity index is 2.22. The molecule has 0 aromatic rings. The SMILES string of the molecule is C[C@@]12CCCCC1=C[C@@H](N=O)CC2. The van der Waals surface area contributed by atoms with Crippen molar-refractivity contribution in [2.75, 3.05) is 0 Å². The van der Waals surface area contributed by atoms with Crippen LogP contribution < -0.4 is 0 Å². The Bertz CT molecular complexity index is 246. The van der Waals surface area contributed by atoms with E-state index in [4.69, 9.17) is 0 Å². The monoisotopic (exact) mass is 179 g/mol. The largest absolute Gasteiger partial charge is 0.150 e. The average molecular weight is 179 g/mol. The van der Waals surface area contributed by atoms with Crippen molar-refractivity contribution < 1.29 is 0 Å². The highest BCUT2D eigenvalue weighted by Gasteiger charge is 2.35. The lowest BCUT2D eigenvalue weighted by molar-refractivity contribution is 0.255. The summed E-state index contributed by atoms with van der Waals surface area (Å²) in [6.07, 6.45) is 9.42. The number of allylic oxidation sites excluding steroid dienone is 1.